The molecule has 0 unspecified atom stereocenters. The van der Waals surface area contributed by atoms with Gasteiger partial charge in [0.1, 0.15) is 5.75 Å². The number of nitrogens with zero attached hydrogens (tertiary/aromatic N) is 1. The van der Waals surface area contributed by atoms with Crippen molar-refractivity contribution in [2.75, 3.05) is 11.9 Å². The molecule has 0 saturated carbocycles. The predicted molar refractivity (Wildman–Crippen MR) is 95.8 cm³/mol. The maximum absolute atomic E-state index is 12.3. The van der Waals surface area contributed by atoms with E-state index in [-0.39, 0.29) is 5.41 Å². The molecule has 4 heteroatoms. The average Bonchev–Trinajstić information content (AvgIpc) is 2.48. The van der Waals surface area contributed by atoms with E-state index in [0.717, 1.165) is 16.8 Å². The summed E-state index contributed by atoms with van der Waals surface area (Å²) in [7, 11) is 1.69. The van der Waals surface area contributed by atoms with Crippen LogP contribution in [0.3, 0.4) is 0 Å². The molecule has 0 aliphatic carbocycles. The molecule has 0 heterocycles. The number of aryl methyl sites for hydroxylation is 1. The SMILES string of the molecule is Cc1ccc(N(C)C(=O)Oc2ccc(Cl)c(C(C)(C)C)c2)cc1. The summed E-state index contributed by atoms with van der Waals surface area (Å²) in [6, 6.07) is 13.0. The first kappa shape index (κ1) is 17.4. The van der Waals surface area contributed by atoms with Gasteiger partial charge in [-0.3, -0.25) is 4.90 Å². The van der Waals surface area contributed by atoms with Gasteiger partial charge in [0, 0.05) is 17.8 Å². The maximum Gasteiger partial charge on any atom is 0.419 e. The van der Waals surface area contributed by atoms with Gasteiger partial charge in [-0.25, -0.2) is 4.79 Å². The molecule has 0 N–H and O–H groups in total. The van der Waals surface area contributed by atoms with E-state index in [0.29, 0.717) is 10.8 Å². The second-order valence-corrected chi connectivity index (χ2v) is 7.06. The van der Waals surface area contributed by atoms with Crippen molar-refractivity contribution in [2.45, 2.75) is 33.1 Å². The van der Waals surface area contributed by atoms with Crippen molar-refractivity contribution in [3.8, 4) is 5.75 Å². The number of carbonyl (C=O) groups is 1. The zero-order valence-electron chi connectivity index (χ0n) is 14.2. The van der Waals surface area contributed by atoms with Gasteiger partial charge in [-0.05, 0) is 48.2 Å². The number of carbonyl (C=O) groups excluding carboxylic acids is 1. The molecule has 122 valence electrons. The number of halogens is 1. The maximum atomic E-state index is 12.3. The highest BCUT2D eigenvalue weighted by Gasteiger charge is 2.20. The molecule has 0 saturated heterocycles. The molecule has 0 aromatic heterocycles. The molecule has 23 heavy (non-hydrogen) atoms. The Morgan fingerprint density at radius 1 is 1.09 bits per heavy atom. The van der Waals surface area contributed by atoms with Crippen molar-refractivity contribution >= 4 is 23.4 Å². The third kappa shape index (κ3) is 4.26. The fourth-order valence-corrected chi connectivity index (χ4v) is 2.59. The first-order chi connectivity index (χ1) is 10.7. The second-order valence-electron chi connectivity index (χ2n) is 6.65. The molecule has 1 amide bonds. The lowest BCUT2D eigenvalue weighted by Gasteiger charge is -2.22. The van der Waals surface area contributed by atoms with Gasteiger partial charge in [0.2, 0.25) is 0 Å². The third-order valence-electron chi connectivity index (χ3n) is 3.65. The first-order valence-corrected chi connectivity index (χ1v) is 7.88. The Hall–Kier alpha value is -2.00. The van der Waals surface area contributed by atoms with Crippen LogP contribution in [0.2, 0.25) is 5.02 Å². The smallest absolute Gasteiger partial charge is 0.410 e. The van der Waals surface area contributed by atoms with Crippen LogP contribution >= 0.6 is 11.6 Å². The Labute approximate surface area is 142 Å². The van der Waals surface area contributed by atoms with Crippen LogP contribution < -0.4 is 9.64 Å². The number of hydrogen-bond donors (Lipinski definition) is 0. The molecule has 0 spiro atoms. The highest BCUT2D eigenvalue weighted by atomic mass is 35.5. The molecule has 2 aromatic rings. The first-order valence-electron chi connectivity index (χ1n) is 7.51. The lowest BCUT2D eigenvalue weighted by Crippen LogP contribution is -2.29. The third-order valence-corrected chi connectivity index (χ3v) is 3.98. The van der Waals surface area contributed by atoms with Gasteiger partial charge in [0.05, 0.1) is 0 Å². The fraction of sp³-hybridized carbons (Fsp3) is 0.316. The second kappa shape index (κ2) is 6.63. The highest BCUT2D eigenvalue weighted by molar-refractivity contribution is 6.31. The molecule has 0 fully saturated rings. The Morgan fingerprint density at radius 3 is 2.26 bits per heavy atom. The summed E-state index contributed by atoms with van der Waals surface area (Å²) in [4.78, 5) is 13.8. The van der Waals surface area contributed by atoms with Crippen molar-refractivity contribution in [3.63, 3.8) is 0 Å². The highest BCUT2D eigenvalue weighted by Crippen LogP contribution is 2.32. The lowest BCUT2D eigenvalue weighted by molar-refractivity contribution is 0.209. The number of benzene rings is 2. The van der Waals surface area contributed by atoms with Crippen LogP contribution in [0, 0.1) is 6.92 Å². The van der Waals surface area contributed by atoms with Gasteiger partial charge in [-0.1, -0.05) is 50.1 Å². The Bertz CT molecular complexity index is 702. The van der Waals surface area contributed by atoms with E-state index >= 15 is 0 Å². The molecule has 0 aliphatic rings. The van der Waals surface area contributed by atoms with Crippen molar-refractivity contribution in [2.24, 2.45) is 0 Å². The van der Waals surface area contributed by atoms with Crippen LogP contribution in [-0.4, -0.2) is 13.1 Å². The minimum Gasteiger partial charge on any atom is -0.410 e. The summed E-state index contributed by atoms with van der Waals surface area (Å²) in [5.74, 6) is 0.489. The summed E-state index contributed by atoms with van der Waals surface area (Å²) < 4.78 is 5.48. The van der Waals surface area contributed by atoms with Gasteiger partial charge in [-0.15, -0.1) is 0 Å². The van der Waals surface area contributed by atoms with Crippen molar-refractivity contribution < 1.29 is 9.53 Å². The van der Waals surface area contributed by atoms with Gasteiger partial charge in [-0.2, -0.15) is 0 Å². The van der Waals surface area contributed by atoms with E-state index < -0.39 is 6.09 Å². The molecule has 0 radical (unpaired) electrons. The number of rotatable bonds is 2. The van der Waals surface area contributed by atoms with E-state index in [9.17, 15) is 4.79 Å². The molecule has 2 rings (SSSR count). The largest absolute Gasteiger partial charge is 0.419 e. The molecule has 3 nitrogen and oxygen atoms in total. The number of amides is 1. The average molecular weight is 332 g/mol. The van der Waals surface area contributed by atoms with Crippen molar-refractivity contribution in [3.05, 3.63) is 58.6 Å². The normalized spacial score (nSPS) is 11.2. The van der Waals surface area contributed by atoms with Crippen LogP contribution in [0.15, 0.2) is 42.5 Å². The predicted octanol–water partition coefficient (Wildman–Crippen LogP) is 5.58. The summed E-state index contributed by atoms with van der Waals surface area (Å²) in [6.45, 7) is 8.21. The van der Waals surface area contributed by atoms with E-state index in [4.69, 9.17) is 16.3 Å². The van der Waals surface area contributed by atoms with E-state index in [1.807, 2.05) is 37.3 Å². The molecule has 0 atom stereocenters. The van der Waals surface area contributed by atoms with Crippen LogP contribution in [-0.2, 0) is 5.41 Å². The summed E-state index contributed by atoms with van der Waals surface area (Å²) >= 11 is 6.24. The van der Waals surface area contributed by atoms with Crippen LogP contribution in [0.5, 0.6) is 5.75 Å². The number of anilines is 1. The Morgan fingerprint density at radius 2 is 1.70 bits per heavy atom. The minimum atomic E-state index is -0.434. The zero-order chi connectivity index (χ0) is 17.2. The summed E-state index contributed by atoms with van der Waals surface area (Å²) in [5, 5.41) is 0.671. The molecular weight excluding hydrogens is 310 g/mol. The Balaban J connectivity index is 2.18. The molecule has 0 bridgehead atoms. The summed E-state index contributed by atoms with van der Waals surface area (Å²) in [5.41, 5.74) is 2.75. The fourth-order valence-electron chi connectivity index (χ4n) is 2.19. The lowest BCUT2D eigenvalue weighted by atomic mass is 9.87. The van der Waals surface area contributed by atoms with Crippen LogP contribution in [0.1, 0.15) is 31.9 Å². The minimum absolute atomic E-state index is 0.123. The topological polar surface area (TPSA) is 29.5 Å². The van der Waals surface area contributed by atoms with Crippen LogP contribution in [0.25, 0.3) is 0 Å². The summed E-state index contributed by atoms with van der Waals surface area (Å²) in [6.07, 6.45) is -0.434. The molecule has 0 aliphatic heterocycles. The van der Waals surface area contributed by atoms with Crippen molar-refractivity contribution in [1.29, 1.82) is 0 Å². The van der Waals surface area contributed by atoms with Gasteiger partial charge >= 0.3 is 6.09 Å². The van der Waals surface area contributed by atoms with E-state index in [1.165, 1.54) is 4.90 Å². The van der Waals surface area contributed by atoms with Gasteiger partial charge in [0.15, 0.2) is 0 Å². The van der Waals surface area contributed by atoms with Gasteiger partial charge < -0.3 is 4.74 Å². The van der Waals surface area contributed by atoms with E-state index in [1.54, 1.807) is 19.2 Å². The van der Waals surface area contributed by atoms with E-state index in [2.05, 4.69) is 20.8 Å². The Kier molecular flexibility index (Phi) is 5.00. The van der Waals surface area contributed by atoms with Gasteiger partial charge in [0.25, 0.3) is 0 Å². The number of hydrogen-bond acceptors (Lipinski definition) is 2. The number of ether oxygens (including phenoxy) is 1. The molecule has 2 aromatic carbocycles. The monoisotopic (exact) mass is 331 g/mol. The van der Waals surface area contributed by atoms with Crippen LogP contribution in [0.4, 0.5) is 10.5 Å². The zero-order valence-corrected chi connectivity index (χ0v) is 14.9. The van der Waals surface area contributed by atoms with Crippen molar-refractivity contribution in [1.82, 2.24) is 0 Å². The standard InChI is InChI=1S/C19H22ClNO2/c1-13-6-8-14(9-7-13)21(5)18(22)23-15-10-11-17(20)16(12-15)19(2,3)4/h6-12H,1-5H3. The quantitative estimate of drug-likeness (QED) is 0.718. The molecular formula is C19H22ClNO2.